The molecule has 1 aliphatic rings. The SMILES string of the molecule is C=Cc1ccc(N(c2cc(C)ccc2C)c2cccc3c2oc2c(C4CCCC4)cccc23)c2ccc3ccc(N(c4cc(C)ccc4C)c4cccc5c4oc4c(C(CC)CC)cccc45)c(C)c3c12.CC. The Bertz CT molecular complexity index is 3910. The van der Waals surface area contributed by atoms with Gasteiger partial charge < -0.3 is 18.6 Å². The minimum absolute atomic E-state index is 0.421. The van der Waals surface area contributed by atoms with Crippen molar-refractivity contribution in [2.75, 3.05) is 9.80 Å². The van der Waals surface area contributed by atoms with Gasteiger partial charge in [-0.15, -0.1) is 0 Å². The first kappa shape index (κ1) is 47.7. The normalized spacial score (nSPS) is 13.0. The predicted octanol–water partition coefficient (Wildman–Crippen LogP) is 21.5. The molecule has 1 fully saturated rings. The highest BCUT2D eigenvalue weighted by Gasteiger charge is 2.29. The van der Waals surface area contributed by atoms with Crippen molar-refractivity contribution in [1.29, 1.82) is 0 Å². The summed E-state index contributed by atoms with van der Waals surface area (Å²) in [5.41, 5.74) is 20.0. The highest BCUT2D eigenvalue weighted by Crippen LogP contribution is 2.51. The summed E-state index contributed by atoms with van der Waals surface area (Å²) in [6.45, 7) is 24.1. The van der Waals surface area contributed by atoms with Crippen LogP contribution in [0, 0.1) is 34.6 Å². The van der Waals surface area contributed by atoms with Crippen LogP contribution in [0.15, 0.2) is 161 Å². The van der Waals surface area contributed by atoms with E-state index in [1.54, 1.807) is 0 Å². The van der Waals surface area contributed by atoms with Crippen molar-refractivity contribution >= 4 is 106 Å². The number of nitrogens with zero attached hydrogens (tertiary/aromatic N) is 2. The van der Waals surface area contributed by atoms with Crippen molar-refractivity contribution in [3.05, 3.63) is 197 Å². The first-order valence-corrected chi connectivity index (χ1v) is 26.9. The summed E-state index contributed by atoms with van der Waals surface area (Å²) in [5.74, 6) is 0.948. The minimum Gasteiger partial charge on any atom is -0.454 e. The molecule has 0 spiro atoms. The van der Waals surface area contributed by atoms with E-state index in [1.165, 1.54) is 86.2 Å². The number of hydrogen-bond acceptors (Lipinski definition) is 4. The monoisotopic (exact) mass is 957 g/mol. The van der Waals surface area contributed by atoms with Gasteiger partial charge in [-0.2, -0.15) is 0 Å². The Morgan fingerprint density at radius 1 is 0.507 bits per heavy atom. The second kappa shape index (κ2) is 19.5. The minimum atomic E-state index is 0.421. The maximum atomic E-state index is 7.22. The van der Waals surface area contributed by atoms with Crippen molar-refractivity contribution < 1.29 is 8.83 Å². The standard InChI is InChI=1S/C67H62N2O2.C2H6/c1-9-45(10-2)49-20-14-22-51-53-24-16-26-58(66(53)70-64(49)51)68(60-38-40(4)28-30-42(60)6)56-36-34-48-32-35-55-57(37-33-46(11-3)63(55)62(48)44(56)8)69(61-39-41(5)29-31-43(61)7)59-27-17-25-54-52-23-15-21-50(47-18-12-13-19-47)65(52)71-67(54)59;1-2/h11,14-17,20-39,45,47H,3,9-10,12-13,18-19H2,1-2,4-8H3;1-2H3. The van der Waals surface area contributed by atoms with Crippen LogP contribution >= 0.6 is 0 Å². The van der Waals surface area contributed by atoms with Gasteiger partial charge in [-0.05, 0) is 169 Å². The van der Waals surface area contributed by atoms with Gasteiger partial charge in [0.2, 0.25) is 0 Å². The molecule has 0 aliphatic heterocycles. The van der Waals surface area contributed by atoms with Crippen LogP contribution in [0.1, 0.15) is 123 Å². The lowest BCUT2D eigenvalue weighted by atomic mass is 9.91. The summed E-state index contributed by atoms with van der Waals surface area (Å²) >= 11 is 0. The fourth-order valence-corrected chi connectivity index (χ4v) is 12.4. The fraction of sp³-hybridized carbons (Fsp3) is 0.246. The van der Waals surface area contributed by atoms with Gasteiger partial charge in [0.05, 0.1) is 17.1 Å². The summed E-state index contributed by atoms with van der Waals surface area (Å²) in [4.78, 5) is 4.92. The summed E-state index contributed by atoms with van der Waals surface area (Å²) in [6, 6.07) is 54.2. The fourth-order valence-electron chi connectivity index (χ4n) is 12.4. The molecule has 0 bridgehead atoms. The van der Waals surface area contributed by atoms with Crippen LogP contribution in [-0.2, 0) is 0 Å². The van der Waals surface area contributed by atoms with Crippen LogP contribution in [0.4, 0.5) is 34.1 Å². The number of para-hydroxylation sites is 4. The molecule has 4 nitrogen and oxygen atoms in total. The molecule has 9 aromatic carbocycles. The van der Waals surface area contributed by atoms with E-state index in [4.69, 9.17) is 8.83 Å². The van der Waals surface area contributed by atoms with E-state index in [2.05, 4.69) is 210 Å². The van der Waals surface area contributed by atoms with Gasteiger partial charge in [0.15, 0.2) is 11.2 Å². The molecule has 0 saturated heterocycles. The molecule has 0 atom stereocenters. The third-order valence-electron chi connectivity index (χ3n) is 16.1. The molecule has 366 valence electrons. The van der Waals surface area contributed by atoms with Crippen LogP contribution < -0.4 is 9.80 Å². The molecule has 73 heavy (non-hydrogen) atoms. The van der Waals surface area contributed by atoms with Gasteiger partial charge in [-0.3, -0.25) is 0 Å². The maximum absolute atomic E-state index is 7.22. The Morgan fingerprint density at radius 2 is 1.03 bits per heavy atom. The van der Waals surface area contributed by atoms with Gasteiger partial charge in [0, 0.05) is 44.0 Å². The molecule has 1 saturated carbocycles. The number of anilines is 6. The van der Waals surface area contributed by atoms with Crippen LogP contribution in [0.3, 0.4) is 0 Å². The largest absolute Gasteiger partial charge is 0.454 e. The third-order valence-corrected chi connectivity index (χ3v) is 16.1. The topological polar surface area (TPSA) is 32.8 Å². The van der Waals surface area contributed by atoms with Crippen molar-refractivity contribution in [2.45, 2.75) is 113 Å². The van der Waals surface area contributed by atoms with Crippen molar-refractivity contribution in [1.82, 2.24) is 0 Å². The molecule has 2 heterocycles. The Labute approximate surface area is 431 Å². The Morgan fingerprint density at radius 3 is 1.63 bits per heavy atom. The molecule has 4 heteroatoms. The highest BCUT2D eigenvalue weighted by molar-refractivity contribution is 6.20. The van der Waals surface area contributed by atoms with Crippen molar-refractivity contribution in [3.8, 4) is 0 Å². The number of furan rings is 2. The molecular formula is C69H68N2O2. The van der Waals surface area contributed by atoms with Crippen LogP contribution in [-0.4, -0.2) is 0 Å². The second-order valence-electron chi connectivity index (χ2n) is 20.4. The zero-order valence-electron chi connectivity index (χ0n) is 44.2. The lowest BCUT2D eigenvalue weighted by molar-refractivity contribution is 0.613. The molecule has 0 unspecified atom stereocenters. The lowest BCUT2D eigenvalue weighted by Gasteiger charge is -2.31. The molecular weight excluding hydrogens is 889 g/mol. The smallest absolute Gasteiger partial charge is 0.159 e. The van der Waals surface area contributed by atoms with E-state index in [1.807, 2.05) is 19.9 Å². The first-order valence-electron chi connectivity index (χ1n) is 26.9. The third kappa shape index (κ3) is 7.89. The van der Waals surface area contributed by atoms with E-state index in [9.17, 15) is 0 Å². The van der Waals surface area contributed by atoms with Gasteiger partial charge in [0.25, 0.3) is 0 Å². The summed E-state index contributed by atoms with van der Waals surface area (Å²) in [5, 5.41) is 9.30. The van der Waals surface area contributed by atoms with Crippen LogP contribution in [0.2, 0.25) is 0 Å². The van der Waals surface area contributed by atoms with Crippen molar-refractivity contribution in [2.24, 2.45) is 0 Å². The summed E-state index contributed by atoms with van der Waals surface area (Å²) in [6.07, 6.45) is 9.13. The Hall–Kier alpha value is -7.56. The zero-order valence-corrected chi connectivity index (χ0v) is 44.2. The molecule has 0 N–H and O–H groups in total. The second-order valence-corrected chi connectivity index (χ2v) is 20.4. The number of rotatable bonds is 11. The molecule has 1 aliphatic carbocycles. The highest BCUT2D eigenvalue weighted by atomic mass is 16.3. The van der Waals surface area contributed by atoms with Crippen molar-refractivity contribution in [3.63, 3.8) is 0 Å². The van der Waals surface area contributed by atoms with E-state index >= 15 is 0 Å². The number of benzene rings is 9. The Balaban J connectivity index is 0.00000284. The van der Waals surface area contributed by atoms with E-state index in [0.717, 1.165) is 96.4 Å². The van der Waals surface area contributed by atoms with Gasteiger partial charge >= 0.3 is 0 Å². The molecule has 0 radical (unpaired) electrons. The van der Waals surface area contributed by atoms with Crippen LogP contribution in [0.5, 0.6) is 0 Å². The van der Waals surface area contributed by atoms with E-state index in [0.29, 0.717) is 11.8 Å². The average Bonchev–Trinajstić information content (AvgIpc) is 4.20. The van der Waals surface area contributed by atoms with Gasteiger partial charge in [-0.25, -0.2) is 0 Å². The quantitative estimate of drug-likeness (QED) is 0.121. The lowest BCUT2D eigenvalue weighted by Crippen LogP contribution is -2.14. The number of aryl methyl sites for hydroxylation is 5. The summed E-state index contributed by atoms with van der Waals surface area (Å²) in [7, 11) is 0. The average molecular weight is 957 g/mol. The zero-order chi connectivity index (χ0) is 50.7. The molecule has 12 rings (SSSR count). The maximum Gasteiger partial charge on any atom is 0.159 e. The van der Waals surface area contributed by atoms with E-state index < -0.39 is 0 Å². The summed E-state index contributed by atoms with van der Waals surface area (Å²) < 4.78 is 14.4. The first-order chi connectivity index (χ1) is 35.7. The van der Waals surface area contributed by atoms with Gasteiger partial charge in [-0.1, -0.05) is 162 Å². The predicted molar refractivity (Wildman–Crippen MR) is 315 cm³/mol. The molecule has 2 aromatic heterocycles. The molecule has 0 amide bonds. The number of fused-ring (bicyclic) bond motifs is 9. The number of hydrogen-bond donors (Lipinski definition) is 0. The molecule has 11 aromatic rings. The Kier molecular flexibility index (Phi) is 12.7. The van der Waals surface area contributed by atoms with Crippen LogP contribution in [0.25, 0.3) is 71.5 Å². The van der Waals surface area contributed by atoms with Gasteiger partial charge in [0.1, 0.15) is 11.2 Å². The van der Waals surface area contributed by atoms with E-state index in [-0.39, 0.29) is 0 Å².